The average molecular weight is 238 g/mol. The van der Waals surface area contributed by atoms with E-state index in [4.69, 9.17) is 9.47 Å². The molecule has 0 bridgehead atoms. The lowest BCUT2D eigenvalue weighted by Gasteiger charge is -2.12. The van der Waals surface area contributed by atoms with Gasteiger partial charge in [0.15, 0.2) is 0 Å². The van der Waals surface area contributed by atoms with Gasteiger partial charge in [0.2, 0.25) is 0 Å². The Kier molecular flexibility index (Phi) is 3.77. The highest BCUT2D eigenvalue weighted by Gasteiger charge is 2.41. The van der Waals surface area contributed by atoms with Crippen LogP contribution in [0.25, 0.3) is 0 Å². The van der Waals surface area contributed by atoms with Crippen LogP contribution in [0.4, 0.5) is 0 Å². The zero-order valence-corrected chi connectivity index (χ0v) is 10.5. The first-order chi connectivity index (χ1) is 7.78. The molecule has 0 saturated heterocycles. The Hall–Kier alpha value is -0.670. The van der Waals surface area contributed by atoms with Crippen molar-refractivity contribution in [1.82, 2.24) is 0 Å². The summed E-state index contributed by atoms with van der Waals surface area (Å²) in [6.07, 6.45) is 2.52. The van der Waals surface area contributed by atoms with E-state index in [2.05, 4.69) is 18.7 Å². The standard InChI is InChI=1S/C13H18O2S/c1-14-12-4-2-3-11(7-12)8-15-9-13(10-16)5-6-13/h2-4,7,16H,5-6,8-10H2,1H3. The minimum Gasteiger partial charge on any atom is -0.497 e. The molecule has 3 heteroatoms. The maximum absolute atomic E-state index is 5.73. The number of ether oxygens (including phenoxy) is 2. The second-order valence-corrected chi connectivity index (χ2v) is 4.82. The van der Waals surface area contributed by atoms with Crippen molar-refractivity contribution >= 4 is 12.6 Å². The maximum Gasteiger partial charge on any atom is 0.119 e. The van der Waals surface area contributed by atoms with E-state index in [-0.39, 0.29) is 0 Å². The van der Waals surface area contributed by atoms with Crippen LogP contribution in [0.15, 0.2) is 24.3 Å². The molecule has 0 heterocycles. The lowest BCUT2D eigenvalue weighted by Crippen LogP contribution is -2.12. The first-order valence-electron chi connectivity index (χ1n) is 5.60. The van der Waals surface area contributed by atoms with Gasteiger partial charge in [0, 0.05) is 5.41 Å². The summed E-state index contributed by atoms with van der Waals surface area (Å²) in [5, 5.41) is 0. The lowest BCUT2D eigenvalue weighted by molar-refractivity contribution is 0.0857. The molecule has 0 spiro atoms. The number of benzene rings is 1. The highest BCUT2D eigenvalue weighted by molar-refractivity contribution is 7.80. The summed E-state index contributed by atoms with van der Waals surface area (Å²) in [6.45, 7) is 1.49. The Bertz CT molecular complexity index is 348. The largest absolute Gasteiger partial charge is 0.497 e. The third-order valence-electron chi connectivity index (χ3n) is 3.10. The van der Waals surface area contributed by atoms with E-state index >= 15 is 0 Å². The van der Waals surface area contributed by atoms with Crippen LogP contribution < -0.4 is 4.74 Å². The number of methoxy groups -OCH3 is 1. The van der Waals surface area contributed by atoms with Gasteiger partial charge >= 0.3 is 0 Å². The van der Waals surface area contributed by atoms with E-state index in [9.17, 15) is 0 Å². The molecule has 0 N–H and O–H groups in total. The van der Waals surface area contributed by atoms with Gasteiger partial charge in [-0.3, -0.25) is 0 Å². The van der Waals surface area contributed by atoms with Gasteiger partial charge in [-0.15, -0.1) is 0 Å². The fraction of sp³-hybridized carbons (Fsp3) is 0.538. The molecule has 2 nitrogen and oxygen atoms in total. The van der Waals surface area contributed by atoms with Gasteiger partial charge in [-0.05, 0) is 36.3 Å². The first-order valence-corrected chi connectivity index (χ1v) is 6.23. The molecule has 1 aromatic carbocycles. The molecule has 1 fully saturated rings. The quantitative estimate of drug-likeness (QED) is 0.768. The van der Waals surface area contributed by atoms with E-state index < -0.39 is 0 Å². The molecule has 0 aromatic heterocycles. The maximum atomic E-state index is 5.73. The summed E-state index contributed by atoms with van der Waals surface area (Å²) >= 11 is 4.36. The second kappa shape index (κ2) is 5.11. The van der Waals surface area contributed by atoms with Crippen LogP contribution in [0.5, 0.6) is 5.75 Å². The van der Waals surface area contributed by atoms with Crippen molar-refractivity contribution in [2.24, 2.45) is 5.41 Å². The molecule has 0 radical (unpaired) electrons. The van der Waals surface area contributed by atoms with Gasteiger partial charge in [0.05, 0.1) is 20.3 Å². The molecule has 1 saturated carbocycles. The Morgan fingerprint density at radius 1 is 1.38 bits per heavy atom. The second-order valence-electron chi connectivity index (χ2n) is 4.50. The van der Waals surface area contributed by atoms with Crippen LogP contribution in [-0.2, 0) is 11.3 Å². The van der Waals surface area contributed by atoms with Crippen molar-refractivity contribution < 1.29 is 9.47 Å². The van der Waals surface area contributed by atoms with Crippen molar-refractivity contribution in [3.63, 3.8) is 0 Å². The Morgan fingerprint density at radius 3 is 2.81 bits per heavy atom. The van der Waals surface area contributed by atoms with Crippen LogP contribution in [0, 0.1) is 5.41 Å². The summed E-state index contributed by atoms with van der Waals surface area (Å²) in [6, 6.07) is 8.01. The number of hydrogen-bond donors (Lipinski definition) is 1. The zero-order valence-electron chi connectivity index (χ0n) is 9.61. The van der Waals surface area contributed by atoms with Gasteiger partial charge in [-0.1, -0.05) is 12.1 Å². The predicted molar refractivity (Wildman–Crippen MR) is 68.2 cm³/mol. The van der Waals surface area contributed by atoms with E-state index in [1.165, 1.54) is 12.8 Å². The number of hydrogen-bond acceptors (Lipinski definition) is 3. The molecular formula is C13H18O2S. The summed E-state index contributed by atoms with van der Waals surface area (Å²) in [7, 11) is 1.68. The summed E-state index contributed by atoms with van der Waals surface area (Å²) < 4.78 is 10.9. The van der Waals surface area contributed by atoms with E-state index in [0.29, 0.717) is 12.0 Å². The van der Waals surface area contributed by atoms with Gasteiger partial charge in [0.1, 0.15) is 5.75 Å². The molecule has 1 aliphatic rings. The van der Waals surface area contributed by atoms with Gasteiger partial charge in [-0.2, -0.15) is 12.6 Å². The van der Waals surface area contributed by atoms with Crippen molar-refractivity contribution in [2.45, 2.75) is 19.4 Å². The minimum absolute atomic E-state index is 0.377. The SMILES string of the molecule is COc1cccc(COCC2(CS)CC2)c1. The molecule has 0 aliphatic heterocycles. The molecule has 2 rings (SSSR count). The Morgan fingerprint density at radius 2 is 2.19 bits per heavy atom. The van der Waals surface area contributed by atoms with Crippen LogP contribution in [0.3, 0.4) is 0 Å². The van der Waals surface area contributed by atoms with E-state index in [1.54, 1.807) is 7.11 Å². The average Bonchev–Trinajstić information content (AvgIpc) is 3.10. The summed E-state index contributed by atoms with van der Waals surface area (Å²) in [5.41, 5.74) is 1.54. The smallest absolute Gasteiger partial charge is 0.119 e. The topological polar surface area (TPSA) is 18.5 Å². The molecule has 16 heavy (non-hydrogen) atoms. The fourth-order valence-electron chi connectivity index (χ4n) is 1.67. The molecule has 1 aromatic rings. The monoisotopic (exact) mass is 238 g/mol. The molecule has 0 amide bonds. The number of thiol groups is 1. The highest BCUT2D eigenvalue weighted by atomic mass is 32.1. The Balaban J connectivity index is 1.80. The Labute approximate surface area is 102 Å². The molecule has 0 atom stereocenters. The van der Waals surface area contributed by atoms with Gasteiger partial charge in [-0.25, -0.2) is 0 Å². The minimum atomic E-state index is 0.377. The van der Waals surface area contributed by atoms with Crippen LogP contribution in [0.1, 0.15) is 18.4 Å². The van der Waals surface area contributed by atoms with Crippen molar-refractivity contribution in [1.29, 1.82) is 0 Å². The van der Waals surface area contributed by atoms with Crippen LogP contribution >= 0.6 is 12.6 Å². The van der Waals surface area contributed by atoms with Gasteiger partial charge < -0.3 is 9.47 Å². The van der Waals surface area contributed by atoms with Crippen LogP contribution in [0.2, 0.25) is 0 Å². The highest BCUT2D eigenvalue weighted by Crippen LogP contribution is 2.46. The van der Waals surface area contributed by atoms with Crippen molar-refractivity contribution in [3.05, 3.63) is 29.8 Å². The fourth-order valence-corrected chi connectivity index (χ4v) is 2.08. The predicted octanol–water partition coefficient (Wildman–Crippen LogP) is 2.92. The molecule has 1 aliphatic carbocycles. The summed E-state index contributed by atoms with van der Waals surface area (Å²) in [5.74, 6) is 1.82. The lowest BCUT2D eigenvalue weighted by atomic mass is 10.1. The van der Waals surface area contributed by atoms with Crippen molar-refractivity contribution in [2.75, 3.05) is 19.5 Å². The third-order valence-corrected chi connectivity index (χ3v) is 3.77. The van der Waals surface area contributed by atoms with Crippen molar-refractivity contribution in [3.8, 4) is 5.75 Å². The third kappa shape index (κ3) is 2.92. The molecular weight excluding hydrogens is 220 g/mol. The molecule has 88 valence electrons. The number of rotatable bonds is 6. The molecule has 0 unspecified atom stereocenters. The summed E-state index contributed by atoms with van der Waals surface area (Å²) in [4.78, 5) is 0. The van der Waals surface area contributed by atoms with E-state index in [1.807, 2.05) is 18.2 Å². The van der Waals surface area contributed by atoms with Crippen LogP contribution in [-0.4, -0.2) is 19.5 Å². The van der Waals surface area contributed by atoms with E-state index in [0.717, 1.165) is 23.7 Å². The zero-order chi connectivity index (χ0) is 11.4. The first kappa shape index (κ1) is 11.8. The van der Waals surface area contributed by atoms with Gasteiger partial charge in [0.25, 0.3) is 0 Å². The normalized spacial score (nSPS) is 17.1.